The van der Waals surface area contributed by atoms with Gasteiger partial charge in [-0.15, -0.1) is 5.53 Å². The Balaban J connectivity index is 1.49. The van der Waals surface area contributed by atoms with E-state index in [9.17, 15) is 4.79 Å². The van der Waals surface area contributed by atoms with Crippen LogP contribution in [0.3, 0.4) is 0 Å². The fraction of sp³-hybridized carbons (Fsp3) is 0.625. The van der Waals surface area contributed by atoms with Crippen molar-refractivity contribution in [2.24, 2.45) is 5.73 Å². The Kier molecular flexibility index (Phi) is 8.78. The second-order valence-corrected chi connectivity index (χ2v) is 9.10. The van der Waals surface area contributed by atoms with Crippen molar-refractivity contribution < 1.29 is 14.3 Å². The van der Waals surface area contributed by atoms with Crippen molar-refractivity contribution in [2.45, 2.75) is 70.3 Å². The highest BCUT2D eigenvalue weighted by Gasteiger charge is 2.29. The molecule has 3 atom stereocenters. The molecule has 1 fully saturated rings. The molecule has 2 aliphatic rings. The highest BCUT2D eigenvalue weighted by atomic mass is 16.7. The highest BCUT2D eigenvalue weighted by molar-refractivity contribution is 5.73. The molecule has 178 valence electrons. The molecule has 1 aromatic carbocycles. The molecule has 0 radical (unpaired) electrons. The Morgan fingerprint density at radius 2 is 1.91 bits per heavy atom. The number of nitrogens with two attached hydrogens (primary N) is 1. The van der Waals surface area contributed by atoms with Crippen LogP contribution in [0.5, 0.6) is 5.75 Å². The van der Waals surface area contributed by atoms with Gasteiger partial charge in [0.2, 0.25) is 12.2 Å². The van der Waals surface area contributed by atoms with Gasteiger partial charge in [0.05, 0.1) is 11.8 Å². The first kappa shape index (κ1) is 24.4. The molecule has 1 aromatic rings. The average molecular weight is 446 g/mol. The number of primary amides is 1. The maximum Gasteiger partial charge on any atom is 0.217 e. The van der Waals surface area contributed by atoms with E-state index >= 15 is 0 Å². The number of hydrogen-bond donors (Lipinski definition) is 2. The Morgan fingerprint density at radius 3 is 2.59 bits per heavy atom. The number of hydrazine groups is 2. The maximum absolute atomic E-state index is 10.8. The molecule has 8 heteroatoms. The van der Waals surface area contributed by atoms with Crippen LogP contribution in [-0.2, 0) is 9.53 Å². The van der Waals surface area contributed by atoms with Gasteiger partial charge >= 0.3 is 0 Å². The van der Waals surface area contributed by atoms with Crippen molar-refractivity contribution in [2.75, 3.05) is 27.7 Å². The van der Waals surface area contributed by atoms with Gasteiger partial charge in [-0.1, -0.05) is 12.8 Å². The summed E-state index contributed by atoms with van der Waals surface area (Å²) in [6.45, 7) is 3.02. The van der Waals surface area contributed by atoms with Gasteiger partial charge in [0, 0.05) is 44.2 Å². The predicted octanol–water partition coefficient (Wildman–Crippen LogP) is 2.92. The molecule has 3 rings (SSSR count). The smallest absolute Gasteiger partial charge is 0.217 e. The number of ether oxygens (including phenoxy) is 2. The molecule has 0 aromatic heterocycles. The summed E-state index contributed by atoms with van der Waals surface area (Å²) >= 11 is 0. The molecule has 3 unspecified atom stereocenters. The topological polar surface area (TPSA) is 83.3 Å². The molecule has 32 heavy (non-hydrogen) atoms. The van der Waals surface area contributed by atoms with Gasteiger partial charge < -0.3 is 20.1 Å². The third kappa shape index (κ3) is 7.12. The number of nitrogens with one attached hydrogen (secondary N) is 1. The molecule has 1 saturated heterocycles. The zero-order valence-corrected chi connectivity index (χ0v) is 19.9. The minimum Gasteiger partial charge on any atom is -0.465 e. The summed E-state index contributed by atoms with van der Waals surface area (Å²) in [5, 5.41) is 4.13. The average Bonchev–Trinajstić information content (AvgIpc) is 3.11. The van der Waals surface area contributed by atoms with Crippen LogP contribution in [0.2, 0.25) is 0 Å². The SMILES string of the molecule is CC1CC(N(C)C)CC(Oc2ccc(C3=CN(CCCCCCC(N)=O)NN3C)cc2)O1. The number of carbonyl (C=O) groups excluding carboxylic acids is 1. The van der Waals surface area contributed by atoms with Crippen LogP contribution in [0.15, 0.2) is 30.5 Å². The van der Waals surface area contributed by atoms with E-state index in [1.165, 1.54) is 0 Å². The normalized spacial score (nSPS) is 23.5. The summed E-state index contributed by atoms with van der Waals surface area (Å²) in [5.41, 5.74) is 10.8. The molecule has 3 N–H and O–H groups in total. The van der Waals surface area contributed by atoms with E-state index in [0.29, 0.717) is 12.5 Å². The fourth-order valence-corrected chi connectivity index (χ4v) is 4.25. The Labute approximate surface area is 192 Å². The summed E-state index contributed by atoms with van der Waals surface area (Å²) in [4.78, 5) is 13.0. The van der Waals surface area contributed by atoms with Crippen molar-refractivity contribution in [1.29, 1.82) is 0 Å². The van der Waals surface area contributed by atoms with E-state index in [0.717, 1.165) is 62.1 Å². The van der Waals surface area contributed by atoms with Crippen LogP contribution in [0, 0.1) is 0 Å². The monoisotopic (exact) mass is 445 g/mol. The number of unbranched alkanes of at least 4 members (excludes halogenated alkanes) is 3. The van der Waals surface area contributed by atoms with Crippen molar-refractivity contribution in [3.05, 3.63) is 36.0 Å². The Morgan fingerprint density at radius 1 is 1.19 bits per heavy atom. The molecule has 0 spiro atoms. The number of nitrogens with zero attached hydrogens (tertiary/aromatic N) is 3. The summed E-state index contributed by atoms with van der Waals surface area (Å²) in [7, 11) is 6.24. The number of hydrogen-bond acceptors (Lipinski definition) is 7. The van der Waals surface area contributed by atoms with Gasteiger partial charge in [0.1, 0.15) is 5.75 Å². The van der Waals surface area contributed by atoms with Crippen LogP contribution >= 0.6 is 0 Å². The van der Waals surface area contributed by atoms with Crippen LogP contribution < -0.4 is 16.0 Å². The molecule has 2 aliphatic heterocycles. The predicted molar refractivity (Wildman–Crippen MR) is 126 cm³/mol. The van der Waals surface area contributed by atoms with Gasteiger partial charge in [0.25, 0.3) is 0 Å². The van der Waals surface area contributed by atoms with Crippen LogP contribution in [0.4, 0.5) is 0 Å². The van der Waals surface area contributed by atoms with Gasteiger partial charge in [-0.3, -0.25) is 14.8 Å². The molecule has 2 heterocycles. The first-order valence-corrected chi connectivity index (χ1v) is 11.7. The highest BCUT2D eigenvalue weighted by Crippen LogP contribution is 2.27. The van der Waals surface area contributed by atoms with Crippen LogP contribution in [0.1, 0.15) is 57.4 Å². The Bertz CT molecular complexity index is 767. The Hall–Kier alpha value is -2.29. The number of carbonyl (C=O) groups is 1. The van der Waals surface area contributed by atoms with Crippen molar-refractivity contribution in [1.82, 2.24) is 20.5 Å². The van der Waals surface area contributed by atoms with Crippen LogP contribution in [-0.4, -0.2) is 66.9 Å². The van der Waals surface area contributed by atoms with Crippen LogP contribution in [0.25, 0.3) is 5.70 Å². The number of rotatable bonds is 11. The zero-order valence-electron chi connectivity index (χ0n) is 19.9. The van der Waals surface area contributed by atoms with E-state index in [-0.39, 0.29) is 18.3 Å². The lowest BCUT2D eigenvalue weighted by Gasteiger charge is -2.36. The number of amides is 1. The van der Waals surface area contributed by atoms with E-state index in [1.54, 1.807) is 0 Å². The maximum atomic E-state index is 10.8. The second-order valence-electron chi connectivity index (χ2n) is 9.10. The first-order chi connectivity index (χ1) is 15.3. The van der Waals surface area contributed by atoms with Gasteiger partial charge in [-0.25, -0.2) is 0 Å². The van der Waals surface area contributed by atoms with Crippen molar-refractivity contribution >= 4 is 11.6 Å². The molecule has 0 aliphatic carbocycles. The molecule has 0 saturated carbocycles. The summed E-state index contributed by atoms with van der Waals surface area (Å²) in [5.74, 6) is 0.614. The lowest BCUT2D eigenvalue weighted by molar-refractivity contribution is -0.157. The van der Waals surface area contributed by atoms with Crippen molar-refractivity contribution in [3.63, 3.8) is 0 Å². The minimum absolute atomic E-state index is 0.193. The standard InChI is InChI=1S/C24H39N5O3/c1-18-15-20(27(2)3)16-24(31-18)32-21-12-10-19(11-13-21)22-17-29(26-28(22)4)14-8-6-5-7-9-23(25)30/h10-13,17-18,20,24,26H,5-9,14-16H2,1-4H3,(H2,25,30). The zero-order chi connectivity index (χ0) is 23.1. The molecular formula is C24H39N5O3. The third-order valence-electron chi connectivity index (χ3n) is 6.09. The fourth-order valence-electron chi connectivity index (χ4n) is 4.25. The summed E-state index contributed by atoms with van der Waals surface area (Å²) in [6, 6.07) is 8.67. The summed E-state index contributed by atoms with van der Waals surface area (Å²) < 4.78 is 12.1. The van der Waals surface area contributed by atoms with Gasteiger partial charge in [0.15, 0.2) is 0 Å². The molecular weight excluding hydrogens is 406 g/mol. The van der Waals surface area contributed by atoms with Gasteiger partial charge in [-0.05, 0) is 64.5 Å². The first-order valence-electron chi connectivity index (χ1n) is 11.7. The third-order valence-corrected chi connectivity index (χ3v) is 6.09. The summed E-state index contributed by atoms with van der Waals surface area (Å²) in [6.07, 6.45) is 8.54. The number of benzene rings is 1. The lowest BCUT2D eigenvalue weighted by Crippen LogP contribution is -2.43. The van der Waals surface area contributed by atoms with Gasteiger partial charge in [-0.2, -0.15) is 0 Å². The molecule has 0 bridgehead atoms. The van der Waals surface area contributed by atoms with E-state index < -0.39 is 0 Å². The largest absolute Gasteiger partial charge is 0.465 e. The van der Waals surface area contributed by atoms with E-state index in [1.807, 2.05) is 24.2 Å². The van der Waals surface area contributed by atoms with E-state index in [4.69, 9.17) is 15.2 Å². The molecule has 8 nitrogen and oxygen atoms in total. The minimum atomic E-state index is -0.217. The second kappa shape index (κ2) is 11.5. The lowest BCUT2D eigenvalue weighted by atomic mass is 10.0. The van der Waals surface area contributed by atoms with E-state index in [2.05, 4.69) is 54.8 Å². The quantitative estimate of drug-likeness (QED) is 0.507. The van der Waals surface area contributed by atoms with Crippen molar-refractivity contribution in [3.8, 4) is 5.75 Å². The molecule has 1 amide bonds.